The van der Waals surface area contributed by atoms with Crippen LogP contribution in [-0.2, 0) is 6.42 Å². The Balaban J connectivity index is 2.92. The molecule has 0 amide bonds. The highest BCUT2D eigenvalue weighted by molar-refractivity contribution is 5.35. The number of benzene rings is 1. The summed E-state index contributed by atoms with van der Waals surface area (Å²) in [5.74, 6) is 0.0358. The second-order valence-electron chi connectivity index (χ2n) is 5.23. The molecule has 0 aromatic heterocycles. The maximum Gasteiger partial charge on any atom is 0.304 e. The molecule has 0 heterocycles. The molecule has 0 radical (unpaired) electrons. The van der Waals surface area contributed by atoms with Crippen LogP contribution in [-0.4, -0.2) is 18.0 Å². The summed E-state index contributed by atoms with van der Waals surface area (Å²) in [4.78, 5) is 9.87. The Morgan fingerprint density at radius 3 is 2.42 bits per heavy atom. The summed E-state index contributed by atoms with van der Waals surface area (Å²) in [6.07, 6.45) is 0.703. The molecule has 19 heavy (non-hydrogen) atoms. The van der Waals surface area contributed by atoms with Crippen molar-refractivity contribution in [3.8, 4) is 0 Å². The van der Waals surface area contributed by atoms with E-state index in [2.05, 4.69) is 26.1 Å². The van der Waals surface area contributed by atoms with Crippen molar-refractivity contribution in [3.63, 3.8) is 0 Å². The Bertz CT molecular complexity index is 449. The molecule has 0 aliphatic carbocycles. The average Bonchev–Trinajstić information content (AvgIpc) is 2.34. The molecular weight excluding hydrogens is 247 g/mol. The Labute approximate surface area is 113 Å². The first-order valence-electron chi connectivity index (χ1n) is 6.46. The SMILES string of the molecule is CNC(C)C(Cc1ccc([N+](=O)[O-])c(F)c1)C(C)C. The molecule has 0 spiro atoms. The van der Waals surface area contributed by atoms with Gasteiger partial charge in [-0.05, 0) is 43.9 Å². The van der Waals surface area contributed by atoms with Gasteiger partial charge in [-0.3, -0.25) is 10.1 Å². The molecule has 5 heteroatoms. The van der Waals surface area contributed by atoms with Crippen molar-refractivity contribution in [3.05, 3.63) is 39.7 Å². The lowest BCUT2D eigenvalue weighted by Gasteiger charge is -2.27. The van der Waals surface area contributed by atoms with E-state index < -0.39 is 16.4 Å². The molecule has 2 atom stereocenters. The summed E-state index contributed by atoms with van der Waals surface area (Å²) >= 11 is 0. The van der Waals surface area contributed by atoms with Crippen LogP contribution >= 0.6 is 0 Å². The predicted octanol–water partition coefficient (Wildman–Crippen LogP) is 3.16. The third kappa shape index (κ3) is 3.99. The van der Waals surface area contributed by atoms with E-state index in [1.54, 1.807) is 6.07 Å². The van der Waals surface area contributed by atoms with Gasteiger partial charge in [-0.15, -0.1) is 0 Å². The Kier molecular flexibility index (Phi) is 5.42. The molecule has 1 aromatic carbocycles. The van der Waals surface area contributed by atoms with Crippen LogP contribution in [0, 0.1) is 27.8 Å². The van der Waals surface area contributed by atoms with Gasteiger partial charge in [0.05, 0.1) is 4.92 Å². The van der Waals surface area contributed by atoms with Crippen molar-refractivity contribution < 1.29 is 9.31 Å². The second kappa shape index (κ2) is 6.61. The van der Waals surface area contributed by atoms with Crippen LogP contribution in [0.3, 0.4) is 0 Å². The van der Waals surface area contributed by atoms with Crippen LogP contribution < -0.4 is 5.32 Å². The lowest BCUT2D eigenvalue weighted by molar-refractivity contribution is -0.387. The number of rotatable bonds is 6. The average molecular weight is 268 g/mol. The first kappa shape index (κ1) is 15.6. The first-order chi connectivity index (χ1) is 8.86. The molecule has 0 saturated carbocycles. The quantitative estimate of drug-likeness (QED) is 0.637. The lowest BCUT2D eigenvalue weighted by atomic mass is 9.84. The van der Waals surface area contributed by atoms with Crippen molar-refractivity contribution >= 4 is 5.69 Å². The van der Waals surface area contributed by atoms with Crippen molar-refractivity contribution in [1.82, 2.24) is 5.32 Å². The molecule has 106 valence electrons. The van der Waals surface area contributed by atoms with E-state index in [0.717, 1.165) is 5.56 Å². The maximum absolute atomic E-state index is 13.6. The number of nitro groups is 1. The molecule has 0 aliphatic heterocycles. The lowest BCUT2D eigenvalue weighted by Crippen LogP contribution is -2.35. The topological polar surface area (TPSA) is 55.2 Å². The number of nitrogens with one attached hydrogen (secondary N) is 1. The fraction of sp³-hybridized carbons (Fsp3) is 0.571. The summed E-state index contributed by atoms with van der Waals surface area (Å²) in [5.41, 5.74) is 0.329. The highest BCUT2D eigenvalue weighted by Gasteiger charge is 2.21. The van der Waals surface area contributed by atoms with Crippen LogP contribution in [0.1, 0.15) is 26.3 Å². The Hall–Kier alpha value is -1.49. The van der Waals surface area contributed by atoms with E-state index in [0.29, 0.717) is 24.3 Å². The molecule has 4 nitrogen and oxygen atoms in total. The Morgan fingerprint density at radius 2 is 2.00 bits per heavy atom. The molecule has 0 saturated heterocycles. The summed E-state index contributed by atoms with van der Waals surface area (Å²) in [6.45, 7) is 6.34. The van der Waals surface area contributed by atoms with E-state index in [1.165, 1.54) is 12.1 Å². The van der Waals surface area contributed by atoms with Gasteiger partial charge in [0.2, 0.25) is 5.82 Å². The van der Waals surface area contributed by atoms with Crippen LogP contribution in [0.4, 0.5) is 10.1 Å². The molecule has 2 unspecified atom stereocenters. The number of hydrogen-bond acceptors (Lipinski definition) is 3. The molecule has 1 N–H and O–H groups in total. The monoisotopic (exact) mass is 268 g/mol. The highest BCUT2D eigenvalue weighted by atomic mass is 19.1. The fourth-order valence-electron chi connectivity index (χ4n) is 2.30. The van der Waals surface area contributed by atoms with E-state index in [9.17, 15) is 14.5 Å². The largest absolute Gasteiger partial charge is 0.317 e. The van der Waals surface area contributed by atoms with Crippen LogP contribution in [0.15, 0.2) is 18.2 Å². The van der Waals surface area contributed by atoms with Gasteiger partial charge in [-0.25, -0.2) is 0 Å². The van der Waals surface area contributed by atoms with E-state index >= 15 is 0 Å². The van der Waals surface area contributed by atoms with E-state index in [4.69, 9.17) is 0 Å². The molecular formula is C14H21FN2O2. The smallest absolute Gasteiger partial charge is 0.304 e. The van der Waals surface area contributed by atoms with Crippen LogP contribution in [0.25, 0.3) is 0 Å². The minimum atomic E-state index is -0.762. The highest BCUT2D eigenvalue weighted by Crippen LogP contribution is 2.24. The predicted molar refractivity (Wildman–Crippen MR) is 73.6 cm³/mol. The Morgan fingerprint density at radius 1 is 1.37 bits per heavy atom. The van der Waals surface area contributed by atoms with E-state index in [1.807, 2.05) is 7.05 Å². The van der Waals surface area contributed by atoms with E-state index in [-0.39, 0.29) is 0 Å². The van der Waals surface area contributed by atoms with Gasteiger partial charge in [0.25, 0.3) is 0 Å². The van der Waals surface area contributed by atoms with Crippen LogP contribution in [0.5, 0.6) is 0 Å². The minimum absolute atomic E-state index is 0.304. The third-order valence-electron chi connectivity index (χ3n) is 3.63. The van der Waals surface area contributed by atoms with Gasteiger partial charge >= 0.3 is 5.69 Å². The van der Waals surface area contributed by atoms with Gasteiger partial charge in [-0.2, -0.15) is 4.39 Å². The molecule has 0 aliphatic rings. The van der Waals surface area contributed by atoms with Gasteiger partial charge in [-0.1, -0.05) is 19.9 Å². The summed E-state index contributed by atoms with van der Waals surface area (Å²) in [6, 6.07) is 4.46. The van der Waals surface area contributed by atoms with Crippen molar-refractivity contribution in [2.24, 2.45) is 11.8 Å². The number of hydrogen-bond donors (Lipinski definition) is 1. The number of nitro benzene ring substituents is 1. The molecule has 0 bridgehead atoms. The molecule has 1 aromatic rings. The van der Waals surface area contributed by atoms with Crippen LogP contribution in [0.2, 0.25) is 0 Å². The molecule has 0 fully saturated rings. The zero-order valence-electron chi connectivity index (χ0n) is 11.8. The second-order valence-corrected chi connectivity index (χ2v) is 5.23. The van der Waals surface area contributed by atoms with Crippen molar-refractivity contribution in [2.45, 2.75) is 33.2 Å². The summed E-state index contributed by atoms with van der Waals surface area (Å²) in [5, 5.41) is 13.8. The summed E-state index contributed by atoms with van der Waals surface area (Å²) < 4.78 is 13.6. The van der Waals surface area contributed by atoms with Crippen molar-refractivity contribution in [1.29, 1.82) is 0 Å². The van der Waals surface area contributed by atoms with Gasteiger partial charge in [0, 0.05) is 12.1 Å². The first-order valence-corrected chi connectivity index (χ1v) is 6.46. The fourth-order valence-corrected chi connectivity index (χ4v) is 2.30. The van der Waals surface area contributed by atoms with Gasteiger partial charge in [0.15, 0.2) is 0 Å². The van der Waals surface area contributed by atoms with Gasteiger partial charge in [0.1, 0.15) is 0 Å². The standard InChI is InChI=1S/C14H21FN2O2/c1-9(2)12(10(3)16-4)7-11-5-6-14(17(18)19)13(15)8-11/h5-6,8-10,12,16H,7H2,1-4H3. The normalized spacial score (nSPS) is 14.4. The van der Waals surface area contributed by atoms with Gasteiger partial charge < -0.3 is 5.32 Å². The number of nitrogens with zero attached hydrogens (tertiary/aromatic N) is 1. The van der Waals surface area contributed by atoms with Crippen molar-refractivity contribution in [2.75, 3.05) is 7.05 Å². The molecule has 1 rings (SSSR count). The minimum Gasteiger partial charge on any atom is -0.317 e. The third-order valence-corrected chi connectivity index (χ3v) is 3.63. The zero-order chi connectivity index (χ0) is 14.6. The summed E-state index contributed by atoms with van der Waals surface area (Å²) in [7, 11) is 1.90. The number of halogens is 1. The maximum atomic E-state index is 13.6. The zero-order valence-corrected chi connectivity index (χ0v) is 11.8.